The van der Waals surface area contributed by atoms with Crippen LogP contribution in [0.4, 0.5) is 13.2 Å². The number of halogens is 3. The van der Waals surface area contributed by atoms with Crippen LogP contribution in [0.25, 0.3) is 5.82 Å². The van der Waals surface area contributed by atoms with Crippen molar-refractivity contribution in [3.8, 4) is 17.6 Å². The van der Waals surface area contributed by atoms with Crippen molar-refractivity contribution in [2.75, 3.05) is 19.8 Å². The van der Waals surface area contributed by atoms with E-state index in [1.54, 1.807) is 12.1 Å². The van der Waals surface area contributed by atoms with Gasteiger partial charge in [0.2, 0.25) is 0 Å². The van der Waals surface area contributed by atoms with Gasteiger partial charge in [-0.2, -0.15) is 23.5 Å². The molecule has 3 aromatic rings. The molecule has 13 heteroatoms. The lowest BCUT2D eigenvalue weighted by molar-refractivity contribution is -0.153. The largest absolute Gasteiger partial charge is 0.484 e. The van der Waals surface area contributed by atoms with Crippen molar-refractivity contribution < 1.29 is 32.6 Å². The molecule has 1 aromatic carbocycles. The lowest BCUT2D eigenvalue weighted by Gasteiger charge is -2.40. The molecule has 10 nitrogen and oxygen atoms in total. The maximum absolute atomic E-state index is 13.5. The van der Waals surface area contributed by atoms with Crippen molar-refractivity contribution in [3.63, 3.8) is 0 Å². The number of aliphatic hydroxyl groups excluding tert-OH is 1. The highest BCUT2D eigenvalue weighted by Crippen LogP contribution is 2.39. The average molecular weight is 583 g/mol. The molecule has 0 radical (unpaired) electrons. The van der Waals surface area contributed by atoms with Gasteiger partial charge in [0.05, 0.1) is 23.4 Å². The number of nitrogens with one attached hydrogen (secondary N) is 2. The molecule has 5 rings (SSSR count). The van der Waals surface area contributed by atoms with Gasteiger partial charge in [-0.3, -0.25) is 9.59 Å². The SMILES string of the molecule is N#Cc1ccc(-n2nc3c(c2C(=O)NCC2(CO)CCC2)C(=O)N[C@@H](CCc2cccc(OCC(F)(F)F)c2)C3)nc1. The highest BCUT2D eigenvalue weighted by atomic mass is 19.4. The number of benzene rings is 1. The van der Waals surface area contributed by atoms with Gasteiger partial charge in [-0.1, -0.05) is 18.6 Å². The van der Waals surface area contributed by atoms with Crippen molar-refractivity contribution in [3.05, 3.63) is 70.7 Å². The maximum atomic E-state index is 13.5. The maximum Gasteiger partial charge on any atom is 0.422 e. The summed E-state index contributed by atoms with van der Waals surface area (Å²) in [6.45, 7) is -1.19. The summed E-state index contributed by atoms with van der Waals surface area (Å²) in [6, 6.07) is 11.1. The van der Waals surface area contributed by atoms with Crippen molar-refractivity contribution in [1.29, 1.82) is 5.26 Å². The predicted octanol–water partition coefficient (Wildman–Crippen LogP) is 3.26. The first-order valence-electron chi connectivity index (χ1n) is 13.6. The standard InChI is InChI=1S/C29H29F3N6O4/c30-29(31,32)17-42-21-4-1-3-18(11-21)5-7-20-12-22-24(26(40)36-20)25(27(41)35-15-28(16-39)9-2-10-28)38(37-22)23-8-6-19(13-33)14-34-23/h1,3-4,6,8,11,14,20,39H,2,5,7,9-10,12,15-17H2,(H,35,41)(H,36,40)/t20-/m0/s1. The van der Waals surface area contributed by atoms with Crippen molar-refractivity contribution in [2.24, 2.45) is 5.41 Å². The van der Waals surface area contributed by atoms with E-state index >= 15 is 0 Å². The number of alkyl halides is 3. The van der Waals surface area contributed by atoms with Gasteiger partial charge in [0.15, 0.2) is 12.4 Å². The molecule has 3 N–H and O–H groups in total. The number of hydrogen-bond acceptors (Lipinski definition) is 7. The van der Waals surface area contributed by atoms with E-state index in [2.05, 4.69) is 20.7 Å². The van der Waals surface area contributed by atoms with Crippen LogP contribution in [0.15, 0.2) is 42.6 Å². The fraction of sp³-hybridized carbons (Fsp3) is 0.414. The monoisotopic (exact) mass is 582 g/mol. The van der Waals surface area contributed by atoms with E-state index in [0.717, 1.165) is 24.8 Å². The molecule has 1 aliphatic heterocycles. The van der Waals surface area contributed by atoms with Gasteiger partial charge in [-0.25, -0.2) is 9.67 Å². The summed E-state index contributed by atoms with van der Waals surface area (Å²) in [5.74, 6) is -0.643. The Kier molecular flexibility index (Phi) is 8.17. The average Bonchev–Trinajstić information content (AvgIpc) is 3.35. The van der Waals surface area contributed by atoms with E-state index in [1.807, 2.05) is 6.07 Å². The number of nitrogens with zero attached hydrogens (tertiary/aromatic N) is 4. The summed E-state index contributed by atoms with van der Waals surface area (Å²) in [5, 5.41) is 29.3. The van der Waals surface area contributed by atoms with Gasteiger partial charge in [0.1, 0.15) is 17.5 Å². The molecule has 1 saturated carbocycles. The van der Waals surface area contributed by atoms with Gasteiger partial charge < -0.3 is 20.5 Å². The van der Waals surface area contributed by atoms with Crippen LogP contribution in [0.2, 0.25) is 0 Å². The molecule has 0 spiro atoms. The molecule has 1 atom stereocenters. The third-order valence-corrected chi connectivity index (χ3v) is 7.72. The molecule has 220 valence electrons. The molecule has 1 fully saturated rings. The molecular weight excluding hydrogens is 553 g/mol. The van der Waals surface area contributed by atoms with Crippen LogP contribution in [0.3, 0.4) is 0 Å². The number of ether oxygens (including phenoxy) is 1. The Bertz CT molecular complexity index is 1500. The van der Waals surface area contributed by atoms with E-state index in [1.165, 1.54) is 35.1 Å². The Morgan fingerprint density at radius 1 is 1.29 bits per heavy atom. The van der Waals surface area contributed by atoms with Crippen LogP contribution < -0.4 is 15.4 Å². The number of aromatic nitrogens is 3. The minimum atomic E-state index is -4.44. The topological polar surface area (TPSA) is 142 Å². The van der Waals surface area contributed by atoms with E-state index < -0.39 is 24.6 Å². The Balaban J connectivity index is 1.35. The Labute approximate surface area is 239 Å². The summed E-state index contributed by atoms with van der Waals surface area (Å²) in [5.41, 5.74) is 1.24. The summed E-state index contributed by atoms with van der Waals surface area (Å²) in [7, 11) is 0. The number of rotatable bonds is 10. The van der Waals surface area contributed by atoms with Gasteiger partial charge in [0, 0.05) is 30.6 Å². The van der Waals surface area contributed by atoms with Crippen LogP contribution in [0, 0.1) is 16.7 Å². The first-order chi connectivity index (χ1) is 20.1. The smallest absolute Gasteiger partial charge is 0.422 e. The number of aryl methyl sites for hydroxylation is 1. The number of nitriles is 1. The second-order valence-corrected chi connectivity index (χ2v) is 10.8. The van der Waals surface area contributed by atoms with Crippen LogP contribution in [-0.4, -0.2) is 63.7 Å². The number of fused-ring (bicyclic) bond motifs is 1. The second-order valence-electron chi connectivity index (χ2n) is 10.8. The highest BCUT2D eigenvalue weighted by molar-refractivity contribution is 6.08. The summed E-state index contributed by atoms with van der Waals surface area (Å²) in [4.78, 5) is 31.1. The summed E-state index contributed by atoms with van der Waals surface area (Å²) in [6.07, 6.45) is 0.694. The lowest BCUT2D eigenvalue weighted by Crippen LogP contribution is -2.46. The molecule has 0 bridgehead atoms. The molecule has 42 heavy (non-hydrogen) atoms. The van der Waals surface area contributed by atoms with Crippen LogP contribution in [-0.2, 0) is 12.8 Å². The lowest BCUT2D eigenvalue weighted by atomic mass is 9.69. The van der Waals surface area contributed by atoms with E-state index in [9.17, 15) is 27.9 Å². The fourth-order valence-corrected chi connectivity index (χ4v) is 5.23. The van der Waals surface area contributed by atoms with E-state index in [0.29, 0.717) is 30.5 Å². The van der Waals surface area contributed by atoms with Crippen LogP contribution in [0.5, 0.6) is 5.75 Å². The molecule has 2 amide bonds. The van der Waals surface area contributed by atoms with Gasteiger partial charge in [0.25, 0.3) is 11.8 Å². The van der Waals surface area contributed by atoms with Crippen molar-refractivity contribution >= 4 is 11.8 Å². The normalized spacial score (nSPS) is 17.4. The Hall–Kier alpha value is -4.44. The first-order valence-corrected chi connectivity index (χ1v) is 13.6. The minimum absolute atomic E-state index is 0.0140. The number of aliphatic hydroxyl groups is 1. The number of hydrogen-bond donors (Lipinski definition) is 3. The molecular formula is C29H29F3N6O4. The molecule has 2 aromatic heterocycles. The van der Waals surface area contributed by atoms with Gasteiger partial charge >= 0.3 is 6.18 Å². The third-order valence-electron chi connectivity index (χ3n) is 7.72. The second kappa shape index (κ2) is 11.8. The zero-order valence-corrected chi connectivity index (χ0v) is 22.6. The first kappa shape index (κ1) is 29.1. The van der Waals surface area contributed by atoms with Gasteiger partial charge in [-0.05, 0) is 55.5 Å². The number of carbonyl (C=O) groups is 2. The predicted molar refractivity (Wildman–Crippen MR) is 143 cm³/mol. The number of carbonyl (C=O) groups excluding carboxylic acids is 2. The fourth-order valence-electron chi connectivity index (χ4n) is 5.23. The quantitative estimate of drug-likeness (QED) is 0.333. The van der Waals surface area contributed by atoms with Crippen LogP contribution >= 0.6 is 0 Å². The third kappa shape index (κ3) is 6.38. The van der Waals surface area contributed by atoms with Crippen molar-refractivity contribution in [2.45, 2.75) is 50.7 Å². The summed E-state index contributed by atoms with van der Waals surface area (Å²) >= 11 is 0. The zero-order chi connectivity index (χ0) is 29.9. The number of amides is 2. The van der Waals surface area contributed by atoms with E-state index in [-0.39, 0.29) is 47.4 Å². The Morgan fingerprint density at radius 3 is 2.74 bits per heavy atom. The minimum Gasteiger partial charge on any atom is -0.484 e. The van der Waals surface area contributed by atoms with Crippen LogP contribution in [0.1, 0.15) is 63.4 Å². The number of pyridine rings is 1. The highest BCUT2D eigenvalue weighted by Gasteiger charge is 2.39. The molecule has 3 heterocycles. The zero-order valence-electron chi connectivity index (χ0n) is 22.6. The molecule has 0 saturated heterocycles. The summed E-state index contributed by atoms with van der Waals surface area (Å²) < 4.78 is 43.7. The van der Waals surface area contributed by atoms with E-state index in [4.69, 9.17) is 10.00 Å². The molecule has 1 aliphatic carbocycles. The van der Waals surface area contributed by atoms with Crippen molar-refractivity contribution in [1.82, 2.24) is 25.4 Å². The van der Waals surface area contributed by atoms with Gasteiger partial charge in [-0.15, -0.1) is 0 Å². The molecule has 2 aliphatic rings. The molecule has 0 unspecified atom stereocenters. The Morgan fingerprint density at radius 2 is 2.10 bits per heavy atom.